The summed E-state index contributed by atoms with van der Waals surface area (Å²) < 4.78 is 0. The molecule has 1 fully saturated rings. The molecule has 0 amide bonds. The molecule has 0 aliphatic heterocycles. The maximum atomic E-state index is 10.5. The van der Waals surface area contributed by atoms with Gasteiger partial charge in [0.25, 0.3) is 0 Å². The molecule has 0 radical (unpaired) electrons. The fourth-order valence-electron chi connectivity index (χ4n) is 2.27. The molecule has 1 heterocycles. The van der Waals surface area contributed by atoms with E-state index >= 15 is 0 Å². The van der Waals surface area contributed by atoms with Crippen molar-refractivity contribution in [1.29, 1.82) is 0 Å². The highest BCUT2D eigenvalue weighted by atomic mass is 32.2. The molecule has 1 aromatic rings. The summed E-state index contributed by atoms with van der Waals surface area (Å²) in [5, 5.41) is 10.7. The summed E-state index contributed by atoms with van der Waals surface area (Å²) in [7, 11) is 0. The molecule has 1 aromatic heterocycles. The van der Waals surface area contributed by atoms with Crippen LogP contribution in [-0.2, 0) is 10.5 Å². The predicted molar refractivity (Wildman–Crippen MR) is 79.1 cm³/mol. The highest BCUT2D eigenvalue weighted by Crippen LogP contribution is 2.30. The SMILES string of the molecule is O=C(O)C=Cc1ccsc1CSCC1CCCC1. The van der Waals surface area contributed by atoms with Crippen LogP contribution in [-0.4, -0.2) is 16.8 Å². The van der Waals surface area contributed by atoms with Crippen molar-refractivity contribution in [2.75, 3.05) is 5.75 Å². The first-order valence-electron chi connectivity index (χ1n) is 6.31. The molecule has 0 aromatic carbocycles. The third-order valence-electron chi connectivity index (χ3n) is 3.25. The lowest BCUT2D eigenvalue weighted by Crippen LogP contribution is -1.96. The third-order valence-corrected chi connectivity index (χ3v) is 5.57. The quantitative estimate of drug-likeness (QED) is 0.792. The molecule has 0 spiro atoms. The fourth-order valence-corrected chi connectivity index (χ4v) is 4.58. The van der Waals surface area contributed by atoms with Crippen LogP contribution in [0, 0.1) is 5.92 Å². The van der Waals surface area contributed by atoms with Crippen LogP contribution in [0.5, 0.6) is 0 Å². The minimum absolute atomic E-state index is 0.884. The zero-order chi connectivity index (χ0) is 12.8. The molecule has 98 valence electrons. The number of carbonyl (C=O) groups is 1. The van der Waals surface area contributed by atoms with E-state index in [1.807, 2.05) is 23.2 Å². The van der Waals surface area contributed by atoms with Gasteiger partial charge in [-0.05, 0) is 47.6 Å². The average Bonchev–Trinajstić information content (AvgIpc) is 2.97. The van der Waals surface area contributed by atoms with Crippen LogP contribution in [0.15, 0.2) is 17.5 Å². The summed E-state index contributed by atoms with van der Waals surface area (Å²) >= 11 is 3.70. The van der Waals surface area contributed by atoms with E-state index in [1.165, 1.54) is 42.4 Å². The Bertz CT molecular complexity index is 417. The third kappa shape index (κ3) is 4.18. The minimum Gasteiger partial charge on any atom is -0.478 e. The van der Waals surface area contributed by atoms with Gasteiger partial charge in [0.05, 0.1) is 0 Å². The van der Waals surface area contributed by atoms with E-state index in [4.69, 9.17) is 5.11 Å². The maximum Gasteiger partial charge on any atom is 0.328 e. The Morgan fingerprint density at radius 3 is 3.00 bits per heavy atom. The number of carboxylic acid groups (broad SMARTS) is 1. The fraction of sp³-hybridized carbons (Fsp3) is 0.500. The van der Waals surface area contributed by atoms with E-state index in [0.717, 1.165) is 17.2 Å². The van der Waals surface area contributed by atoms with Crippen molar-refractivity contribution < 1.29 is 9.90 Å². The summed E-state index contributed by atoms with van der Waals surface area (Å²) in [6.07, 6.45) is 8.50. The number of hydrogen-bond acceptors (Lipinski definition) is 3. The monoisotopic (exact) mass is 282 g/mol. The van der Waals surface area contributed by atoms with Crippen molar-refractivity contribution >= 4 is 35.1 Å². The summed E-state index contributed by atoms with van der Waals surface area (Å²) in [6.45, 7) is 0. The Morgan fingerprint density at radius 2 is 2.28 bits per heavy atom. The molecule has 0 bridgehead atoms. The second-order valence-electron chi connectivity index (χ2n) is 4.64. The van der Waals surface area contributed by atoms with Gasteiger partial charge in [-0.2, -0.15) is 11.8 Å². The van der Waals surface area contributed by atoms with Crippen molar-refractivity contribution in [3.8, 4) is 0 Å². The van der Waals surface area contributed by atoms with E-state index in [-0.39, 0.29) is 0 Å². The first-order chi connectivity index (χ1) is 8.75. The Kier molecular flexibility index (Phi) is 5.32. The molecule has 2 nitrogen and oxygen atoms in total. The van der Waals surface area contributed by atoms with Gasteiger partial charge in [0, 0.05) is 16.7 Å². The smallest absolute Gasteiger partial charge is 0.328 e. The molecule has 18 heavy (non-hydrogen) atoms. The number of aliphatic carboxylic acids is 1. The van der Waals surface area contributed by atoms with Gasteiger partial charge >= 0.3 is 5.97 Å². The number of carboxylic acids is 1. The summed E-state index contributed by atoms with van der Waals surface area (Å²) in [4.78, 5) is 11.8. The number of thiophene rings is 1. The van der Waals surface area contributed by atoms with Gasteiger partial charge in [-0.25, -0.2) is 4.79 Å². The van der Waals surface area contributed by atoms with Gasteiger partial charge in [-0.15, -0.1) is 11.3 Å². The molecule has 4 heteroatoms. The molecular weight excluding hydrogens is 264 g/mol. The summed E-state index contributed by atoms with van der Waals surface area (Å²) in [5.74, 6) is 2.28. The molecular formula is C14H18O2S2. The topological polar surface area (TPSA) is 37.3 Å². The Labute approximate surface area is 116 Å². The van der Waals surface area contributed by atoms with Crippen LogP contribution >= 0.6 is 23.1 Å². The zero-order valence-corrected chi connectivity index (χ0v) is 11.9. The second-order valence-corrected chi connectivity index (χ2v) is 6.67. The lowest BCUT2D eigenvalue weighted by Gasteiger charge is -2.07. The van der Waals surface area contributed by atoms with Crippen LogP contribution in [0.4, 0.5) is 0 Å². The second kappa shape index (κ2) is 7.00. The normalized spacial score (nSPS) is 16.7. The largest absolute Gasteiger partial charge is 0.478 e. The van der Waals surface area contributed by atoms with Crippen molar-refractivity contribution in [3.05, 3.63) is 28.0 Å². The molecule has 1 aliphatic rings. The van der Waals surface area contributed by atoms with Crippen molar-refractivity contribution in [3.63, 3.8) is 0 Å². The van der Waals surface area contributed by atoms with Gasteiger partial charge < -0.3 is 5.11 Å². The van der Waals surface area contributed by atoms with E-state index < -0.39 is 5.97 Å². The molecule has 0 saturated heterocycles. The highest BCUT2D eigenvalue weighted by Gasteiger charge is 2.14. The molecule has 1 N–H and O–H groups in total. The van der Waals surface area contributed by atoms with Crippen molar-refractivity contribution in [2.45, 2.75) is 31.4 Å². The van der Waals surface area contributed by atoms with Crippen LogP contribution in [0.3, 0.4) is 0 Å². The maximum absolute atomic E-state index is 10.5. The Balaban J connectivity index is 1.81. The summed E-state index contributed by atoms with van der Waals surface area (Å²) in [6, 6.07) is 2.00. The highest BCUT2D eigenvalue weighted by molar-refractivity contribution is 7.98. The molecule has 1 saturated carbocycles. The first-order valence-corrected chi connectivity index (χ1v) is 8.34. The number of rotatable bonds is 6. The molecule has 2 rings (SSSR count). The van der Waals surface area contributed by atoms with Crippen LogP contribution in [0.25, 0.3) is 6.08 Å². The van der Waals surface area contributed by atoms with Crippen LogP contribution in [0.1, 0.15) is 36.1 Å². The van der Waals surface area contributed by atoms with Gasteiger partial charge in [-0.1, -0.05) is 12.8 Å². The lowest BCUT2D eigenvalue weighted by atomic mass is 10.1. The van der Waals surface area contributed by atoms with Gasteiger partial charge in [-0.3, -0.25) is 0 Å². The van der Waals surface area contributed by atoms with Crippen LogP contribution < -0.4 is 0 Å². The summed E-state index contributed by atoms with van der Waals surface area (Å²) in [5.41, 5.74) is 1.06. The van der Waals surface area contributed by atoms with E-state index in [0.29, 0.717) is 0 Å². The number of thioether (sulfide) groups is 1. The zero-order valence-electron chi connectivity index (χ0n) is 10.3. The van der Waals surface area contributed by atoms with E-state index in [9.17, 15) is 4.79 Å². The van der Waals surface area contributed by atoms with Crippen molar-refractivity contribution in [1.82, 2.24) is 0 Å². The Morgan fingerprint density at radius 1 is 1.50 bits per heavy atom. The molecule has 1 aliphatic carbocycles. The van der Waals surface area contributed by atoms with Crippen LogP contribution in [0.2, 0.25) is 0 Å². The van der Waals surface area contributed by atoms with E-state index in [1.54, 1.807) is 17.4 Å². The lowest BCUT2D eigenvalue weighted by molar-refractivity contribution is -0.131. The van der Waals surface area contributed by atoms with Crippen molar-refractivity contribution in [2.24, 2.45) is 5.92 Å². The van der Waals surface area contributed by atoms with Gasteiger partial charge in [0.2, 0.25) is 0 Å². The molecule has 0 atom stereocenters. The molecule has 0 unspecified atom stereocenters. The number of hydrogen-bond donors (Lipinski definition) is 1. The minimum atomic E-state index is -0.884. The first kappa shape index (κ1) is 13.7. The van der Waals surface area contributed by atoms with Gasteiger partial charge in [0.15, 0.2) is 0 Å². The standard InChI is InChI=1S/C14H18O2S2/c15-14(16)6-5-12-7-8-18-13(12)10-17-9-11-3-1-2-4-11/h5-8,11H,1-4,9-10H2,(H,15,16). The van der Waals surface area contributed by atoms with Gasteiger partial charge in [0.1, 0.15) is 0 Å². The average molecular weight is 282 g/mol. The predicted octanol–water partition coefficient (Wildman–Crippen LogP) is 4.27. The Hall–Kier alpha value is -0.740. The van der Waals surface area contributed by atoms with E-state index in [2.05, 4.69) is 0 Å².